The van der Waals surface area contributed by atoms with E-state index in [1.54, 1.807) is 18.4 Å². The van der Waals surface area contributed by atoms with Crippen LogP contribution >= 0.6 is 11.3 Å². The number of methoxy groups -OCH3 is 1. The maximum absolute atomic E-state index is 6.25. The van der Waals surface area contributed by atoms with E-state index in [-0.39, 0.29) is 5.60 Å². The molecule has 120 valence electrons. The first-order valence-electron chi connectivity index (χ1n) is 8.02. The average Bonchev–Trinajstić information content (AvgIpc) is 2.72. The van der Waals surface area contributed by atoms with Gasteiger partial charge in [-0.25, -0.2) is 4.98 Å². The molecule has 21 heavy (non-hydrogen) atoms. The van der Waals surface area contributed by atoms with Crippen molar-refractivity contribution >= 4 is 11.3 Å². The Balaban J connectivity index is 2.32. The van der Waals surface area contributed by atoms with Crippen molar-refractivity contribution in [2.75, 3.05) is 20.8 Å². The molecule has 1 aromatic rings. The van der Waals surface area contributed by atoms with Gasteiger partial charge in [-0.3, -0.25) is 0 Å². The molecule has 0 saturated heterocycles. The molecule has 1 aromatic heterocycles. The lowest BCUT2D eigenvalue weighted by molar-refractivity contribution is -0.0561. The second-order valence-electron chi connectivity index (χ2n) is 5.69. The normalized spacial score (nSPS) is 18.6. The average molecular weight is 312 g/mol. The second-order valence-corrected chi connectivity index (χ2v) is 6.78. The highest BCUT2D eigenvalue weighted by molar-refractivity contribution is 7.11. The fourth-order valence-corrected chi connectivity index (χ4v) is 4.40. The monoisotopic (exact) mass is 312 g/mol. The summed E-state index contributed by atoms with van der Waals surface area (Å²) in [4.78, 5) is 6.18. The lowest BCUT2D eigenvalue weighted by Crippen LogP contribution is -2.29. The summed E-state index contributed by atoms with van der Waals surface area (Å²) >= 11 is 1.80. The highest BCUT2D eigenvalue weighted by atomic mass is 32.1. The van der Waals surface area contributed by atoms with Gasteiger partial charge >= 0.3 is 0 Å². The summed E-state index contributed by atoms with van der Waals surface area (Å²) in [5.41, 5.74) is 0.903. The van der Waals surface area contributed by atoms with Crippen LogP contribution in [0.1, 0.15) is 61.0 Å². The van der Waals surface area contributed by atoms with Gasteiger partial charge in [0.1, 0.15) is 10.6 Å². The van der Waals surface area contributed by atoms with Gasteiger partial charge in [-0.05, 0) is 26.8 Å². The van der Waals surface area contributed by atoms with E-state index in [9.17, 15) is 0 Å². The Morgan fingerprint density at radius 3 is 2.52 bits per heavy atom. The third kappa shape index (κ3) is 4.03. The molecule has 5 heteroatoms. The smallest absolute Gasteiger partial charge is 0.125 e. The molecule has 0 radical (unpaired) electrons. The maximum atomic E-state index is 6.25. The first-order chi connectivity index (χ1) is 10.3. The van der Waals surface area contributed by atoms with E-state index in [1.807, 2.05) is 7.05 Å². The zero-order valence-corrected chi connectivity index (χ0v) is 14.4. The number of hydrogen-bond acceptors (Lipinski definition) is 5. The number of aromatic nitrogens is 1. The number of thiazole rings is 1. The fourth-order valence-electron chi connectivity index (χ4n) is 3.12. The van der Waals surface area contributed by atoms with Crippen molar-refractivity contribution < 1.29 is 9.47 Å². The lowest BCUT2D eigenvalue weighted by Gasteiger charge is -2.30. The molecule has 0 aliphatic heterocycles. The van der Waals surface area contributed by atoms with Crippen molar-refractivity contribution in [3.05, 3.63) is 15.6 Å². The Bertz CT molecular complexity index is 402. The number of nitrogens with one attached hydrogen (secondary N) is 1. The summed E-state index contributed by atoms with van der Waals surface area (Å²) in [6, 6.07) is 0. The molecule has 1 aliphatic rings. The van der Waals surface area contributed by atoms with Crippen LogP contribution in [0.15, 0.2) is 0 Å². The van der Waals surface area contributed by atoms with Gasteiger partial charge in [0.2, 0.25) is 0 Å². The first-order valence-corrected chi connectivity index (χ1v) is 8.84. The summed E-state index contributed by atoms with van der Waals surface area (Å²) < 4.78 is 11.6. The predicted molar refractivity (Wildman–Crippen MR) is 86.6 cm³/mol. The number of nitrogens with zero attached hydrogens (tertiary/aromatic N) is 1. The quantitative estimate of drug-likeness (QED) is 0.781. The van der Waals surface area contributed by atoms with Crippen LogP contribution in [-0.2, 0) is 28.2 Å². The number of ether oxygens (including phenoxy) is 2. The van der Waals surface area contributed by atoms with E-state index < -0.39 is 0 Å². The molecule has 1 N–H and O–H groups in total. The van der Waals surface area contributed by atoms with Crippen LogP contribution in [-0.4, -0.2) is 25.7 Å². The minimum Gasteiger partial charge on any atom is -0.378 e. The van der Waals surface area contributed by atoms with Crippen LogP contribution in [0.3, 0.4) is 0 Å². The Morgan fingerprint density at radius 1 is 1.24 bits per heavy atom. The fraction of sp³-hybridized carbons (Fsp3) is 0.812. The molecule has 0 unspecified atom stereocenters. The van der Waals surface area contributed by atoms with Crippen molar-refractivity contribution in [2.24, 2.45) is 0 Å². The molecule has 0 amide bonds. The summed E-state index contributed by atoms with van der Waals surface area (Å²) in [6.07, 6.45) is 7.30. The van der Waals surface area contributed by atoms with Gasteiger partial charge in [-0.1, -0.05) is 25.7 Å². The van der Waals surface area contributed by atoms with Gasteiger partial charge < -0.3 is 14.8 Å². The SMILES string of the molecule is CCOC1(c2nc(COC)c(CNC)s2)CCCCCC1. The minimum absolute atomic E-state index is 0.162. The van der Waals surface area contributed by atoms with E-state index in [0.29, 0.717) is 6.61 Å². The Kier molecular flexibility index (Phi) is 6.61. The summed E-state index contributed by atoms with van der Waals surface area (Å²) in [7, 11) is 3.70. The summed E-state index contributed by atoms with van der Waals surface area (Å²) in [5, 5.41) is 4.39. The first kappa shape index (κ1) is 16.9. The Labute approximate surface area is 132 Å². The standard InChI is InChI=1S/C16H28N2O2S/c1-4-20-16(9-7-5-6-8-10-16)15-18-13(12-19-3)14(21-15)11-17-2/h17H,4-12H2,1-3H3. The molecular formula is C16H28N2O2S. The van der Waals surface area contributed by atoms with Crippen molar-refractivity contribution in [1.29, 1.82) is 0 Å². The van der Waals surface area contributed by atoms with Crippen molar-refractivity contribution in [1.82, 2.24) is 10.3 Å². The topological polar surface area (TPSA) is 43.4 Å². The lowest BCUT2D eigenvalue weighted by atomic mass is 9.95. The van der Waals surface area contributed by atoms with Gasteiger partial charge in [0.05, 0.1) is 12.3 Å². The van der Waals surface area contributed by atoms with E-state index in [1.165, 1.54) is 30.6 Å². The number of rotatable bonds is 7. The highest BCUT2D eigenvalue weighted by Crippen LogP contribution is 2.42. The third-order valence-corrected chi connectivity index (χ3v) is 5.40. The molecule has 1 fully saturated rings. The number of hydrogen-bond donors (Lipinski definition) is 1. The van der Waals surface area contributed by atoms with Crippen LogP contribution < -0.4 is 5.32 Å². The van der Waals surface area contributed by atoms with Crippen LogP contribution in [0.2, 0.25) is 0 Å². The zero-order chi connectivity index (χ0) is 15.1. The van der Waals surface area contributed by atoms with Gasteiger partial charge in [-0.2, -0.15) is 0 Å². The van der Waals surface area contributed by atoms with E-state index in [4.69, 9.17) is 14.5 Å². The molecule has 0 spiro atoms. The van der Waals surface area contributed by atoms with Crippen molar-refractivity contribution in [2.45, 2.75) is 64.2 Å². The summed E-state index contributed by atoms with van der Waals surface area (Å²) in [6.45, 7) is 4.26. The summed E-state index contributed by atoms with van der Waals surface area (Å²) in [5.74, 6) is 0. The van der Waals surface area contributed by atoms with E-state index in [0.717, 1.165) is 36.7 Å². The van der Waals surface area contributed by atoms with Crippen LogP contribution in [0.5, 0.6) is 0 Å². The van der Waals surface area contributed by atoms with Crippen LogP contribution in [0.4, 0.5) is 0 Å². The Morgan fingerprint density at radius 2 is 1.95 bits per heavy atom. The largest absolute Gasteiger partial charge is 0.378 e. The molecule has 1 heterocycles. The van der Waals surface area contributed by atoms with Crippen LogP contribution in [0, 0.1) is 0 Å². The van der Waals surface area contributed by atoms with Gasteiger partial charge in [0, 0.05) is 25.1 Å². The molecule has 1 saturated carbocycles. The van der Waals surface area contributed by atoms with Gasteiger partial charge in [0.15, 0.2) is 0 Å². The molecule has 2 rings (SSSR count). The van der Waals surface area contributed by atoms with Crippen LogP contribution in [0.25, 0.3) is 0 Å². The molecule has 0 atom stereocenters. The van der Waals surface area contributed by atoms with E-state index >= 15 is 0 Å². The molecule has 1 aliphatic carbocycles. The zero-order valence-electron chi connectivity index (χ0n) is 13.5. The molecule has 0 aromatic carbocycles. The van der Waals surface area contributed by atoms with Gasteiger partial charge in [-0.15, -0.1) is 11.3 Å². The third-order valence-electron chi connectivity index (χ3n) is 4.12. The molecule has 4 nitrogen and oxygen atoms in total. The highest BCUT2D eigenvalue weighted by Gasteiger charge is 2.37. The van der Waals surface area contributed by atoms with Crippen molar-refractivity contribution in [3.63, 3.8) is 0 Å². The van der Waals surface area contributed by atoms with E-state index in [2.05, 4.69) is 12.2 Å². The Hall–Kier alpha value is -0.490. The van der Waals surface area contributed by atoms with Gasteiger partial charge in [0.25, 0.3) is 0 Å². The minimum atomic E-state index is -0.162. The molecular weight excluding hydrogens is 284 g/mol. The maximum Gasteiger partial charge on any atom is 0.125 e. The van der Waals surface area contributed by atoms with Crippen molar-refractivity contribution in [3.8, 4) is 0 Å². The molecule has 0 bridgehead atoms. The predicted octanol–water partition coefficient (Wildman–Crippen LogP) is 3.59. The second kappa shape index (κ2) is 8.22.